The third-order valence-corrected chi connectivity index (χ3v) is 3.22. The Bertz CT molecular complexity index is 136. The average molecular weight is 170 g/mol. The normalized spacial score (nSPS) is 25.6. The molecule has 62 valence electrons. The van der Waals surface area contributed by atoms with Gasteiger partial charge in [0.25, 0.3) is 0 Å². The minimum Gasteiger partial charge on any atom is -0.299 e. The molecule has 1 fully saturated rings. The van der Waals surface area contributed by atoms with Gasteiger partial charge in [0.15, 0.2) is 0 Å². The summed E-state index contributed by atoms with van der Waals surface area (Å²) in [6.07, 6.45) is 8.24. The number of aldehydes is 1. The van der Waals surface area contributed by atoms with Crippen molar-refractivity contribution >= 4 is 18.0 Å². The maximum atomic E-state index is 9.95. The summed E-state index contributed by atoms with van der Waals surface area (Å²) < 4.78 is 0. The number of thioether (sulfide) groups is 1. The highest BCUT2D eigenvalue weighted by atomic mass is 32.2. The molecule has 1 nitrogen and oxygen atoms in total. The fourth-order valence-corrected chi connectivity index (χ4v) is 2.49. The molecule has 1 aliphatic rings. The van der Waals surface area contributed by atoms with Crippen molar-refractivity contribution in [2.24, 2.45) is 5.92 Å². The van der Waals surface area contributed by atoms with Crippen LogP contribution >= 0.6 is 11.8 Å². The van der Waals surface area contributed by atoms with Gasteiger partial charge in [-0.15, -0.1) is 0 Å². The van der Waals surface area contributed by atoms with Gasteiger partial charge in [-0.2, -0.15) is 11.8 Å². The topological polar surface area (TPSA) is 17.1 Å². The second-order valence-electron chi connectivity index (χ2n) is 2.88. The van der Waals surface area contributed by atoms with Crippen LogP contribution in [0.1, 0.15) is 19.3 Å². The Hall–Kier alpha value is -0.240. The summed E-state index contributed by atoms with van der Waals surface area (Å²) in [6, 6.07) is 0. The molecule has 1 atom stereocenters. The van der Waals surface area contributed by atoms with Gasteiger partial charge in [-0.25, -0.2) is 0 Å². The van der Waals surface area contributed by atoms with E-state index in [1.54, 1.807) is 6.08 Å². The Morgan fingerprint density at radius 1 is 1.55 bits per heavy atom. The van der Waals surface area contributed by atoms with E-state index in [0.717, 1.165) is 18.6 Å². The summed E-state index contributed by atoms with van der Waals surface area (Å²) in [4.78, 5) is 9.95. The van der Waals surface area contributed by atoms with Crippen LogP contribution in [0.4, 0.5) is 0 Å². The molecule has 0 saturated carbocycles. The zero-order valence-electron chi connectivity index (χ0n) is 6.66. The Kier molecular flexibility index (Phi) is 4.36. The fourth-order valence-electron chi connectivity index (χ4n) is 1.32. The Balaban J connectivity index is 2.14. The van der Waals surface area contributed by atoms with E-state index in [1.807, 2.05) is 17.8 Å². The minimum atomic E-state index is 0.824. The molecule has 0 aliphatic carbocycles. The molecule has 11 heavy (non-hydrogen) atoms. The van der Waals surface area contributed by atoms with Gasteiger partial charge in [-0.3, -0.25) is 4.79 Å². The number of carbonyl (C=O) groups is 1. The van der Waals surface area contributed by atoms with Crippen LogP contribution < -0.4 is 0 Å². The van der Waals surface area contributed by atoms with E-state index in [2.05, 4.69) is 0 Å². The lowest BCUT2D eigenvalue weighted by Crippen LogP contribution is -2.08. The molecule has 2 heteroatoms. The molecule has 0 aromatic carbocycles. The summed E-state index contributed by atoms with van der Waals surface area (Å²) in [5, 5.41) is 0. The Labute approximate surface area is 72.2 Å². The molecule has 0 aromatic rings. The molecular weight excluding hydrogens is 156 g/mol. The first-order valence-electron chi connectivity index (χ1n) is 4.11. The van der Waals surface area contributed by atoms with Crippen molar-refractivity contribution in [1.82, 2.24) is 0 Å². The predicted molar refractivity (Wildman–Crippen MR) is 49.9 cm³/mol. The summed E-state index contributed by atoms with van der Waals surface area (Å²) in [6.45, 7) is 0. The minimum absolute atomic E-state index is 0.824. The van der Waals surface area contributed by atoms with Gasteiger partial charge in [0.05, 0.1) is 0 Å². The largest absolute Gasteiger partial charge is 0.299 e. The van der Waals surface area contributed by atoms with Crippen molar-refractivity contribution in [3.05, 3.63) is 12.2 Å². The first-order valence-corrected chi connectivity index (χ1v) is 5.27. The van der Waals surface area contributed by atoms with Crippen molar-refractivity contribution < 1.29 is 4.79 Å². The smallest absolute Gasteiger partial charge is 0.142 e. The van der Waals surface area contributed by atoms with Crippen LogP contribution in [0.2, 0.25) is 0 Å². The van der Waals surface area contributed by atoms with Crippen LogP contribution in [0.25, 0.3) is 0 Å². The number of hydrogen-bond acceptors (Lipinski definition) is 2. The lowest BCUT2D eigenvalue weighted by molar-refractivity contribution is -0.104. The van der Waals surface area contributed by atoms with Gasteiger partial charge >= 0.3 is 0 Å². The highest BCUT2D eigenvalue weighted by Crippen LogP contribution is 2.24. The second-order valence-corrected chi connectivity index (χ2v) is 4.03. The van der Waals surface area contributed by atoms with E-state index in [4.69, 9.17) is 0 Å². The van der Waals surface area contributed by atoms with Gasteiger partial charge in [-0.05, 0) is 42.8 Å². The number of hydrogen-bond donors (Lipinski definition) is 0. The van der Waals surface area contributed by atoms with Crippen molar-refractivity contribution in [3.8, 4) is 0 Å². The molecule has 0 amide bonds. The molecule has 0 radical (unpaired) electrons. The molecule has 1 aliphatic heterocycles. The zero-order valence-corrected chi connectivity index (χ0v) is 7.48. The van der Waals surface area contributed by atoms with Gasteiger partial charge in [0.2, 0.25) is 0 Å². The lowest BCUT2D eigenvalue weighted by atomic mass is 10.0. The molecule has 0 bridgehead atoms. The standard InChI is InChI=1S/C9H14OS/c10-6-2-1-4-9-5-3-7-11-8-9/h1-2,6,9H,3-5,7-8H2/b2-1-. The third kappa shape index (κ3) is 3.61. The number of rotatable bonds is 3. The third-order valence-electron chi connectivity index (χ3n) is 1.94. The number of carbonyl (C=O) groups excluding carboxylic acids is 1. The van der Waals surface area contributed by atoms with Gasteiger partial charge in [0, 0.05) is 0 Å². The second kappa shape index (κ2) is 5.42. The summed E-state index contributed by atoms with van der Waals surface area (Å²) >= 11 is 2.04. The van der Waals surface area contributed by atoms with Crippen molar-refractivity contribution in [1.29, 1.82) is 0 Å². The highest BCUT2D eigenvalue weighted by molar-refractivity contribution is 7.99. The predicted octanol–water partition coefficient (Wildman–Crippen LogP) is 2.27. The molecular formula is C9H14OS. The molecule has 1 heterocycles. The van der Waals surface area contributed by atoms with E-state index in [1.165, 1.54) is 24.3 Å². The molecule has 0 spiro atoms. The molecule has 0 aromatic heterocycles. The van der Waals surface area contributed by atoms with Crippen molar-refractivity contribution in [2.45, 2.75) is 19.3 Å². The summed E-state index contributed by atoms with van der Waals surface area (Å²) in [7, 11) is 0. The maximum Gasteiger partial charge on any atom is 0.142 e. The molecule has 1 saturated heterocycles. The van der Waals surface area contributed by atoms with E-state index < -0.39 is 0 Å². The van der Waals surface area contributed by atoms with Crippen LogP contribution in [-0.4, -0.2) is 17.8 Å². The Morgan fingerprint density at radius 3 is 3.09 bits per heavy atom. The quantitative estimate of drug-likeness (QED) is 0.477. The van der Waals surface area contributed by atoms with E-state index >= 15 is 0 Å². The summed E-state index contributed by atoms with van der Waals surface area (Å²) in [5.74, 6) is 3.43. The monoisotopic (exact) mass is 170 g/mol. The zero-order chi connectivity index (χ0) is 7.94. The lowest BCUT2D eigenvalue weighted by Gasteiger charge is -2.19. The van der Waals surface area contributed by atoms with Crippen molar-refractivity contribution in [3.63, 3.8) is 0 Å². The first-order chi connectivity index (χ1) is 5.43. The highest BCUT2D eigenvalue weighted by Gasteiger charge is 2.11. The van der Waals surface area contributed by atoms with Crippen LogP contribution in [0.5, 0.6) is 0 Å². The van der Waals surface area contributed by atoms with Crippen LogP contribution in [0.3, 0.4) is 0 Å². The Morgan fingerprint density at radius 2 is 2.45 bits per heavy atom. The van der Waals surface area contributed by atoms with Gasteiger partial charge in [0.1, 0.15) is 6.29 Å². The number of allylic oxidation sites excluding steroid dienone is 2. The maximum absolute atomic E-state index is 9.95. The first kappa shape index (κ1) is 8.85. The van der Waals surface area contributed by atoms with Crippen LogP contribution in [0, 0.1) is 5.92 Å². The SMILES string of the molecule is O=C/C=C\CC1CCCSC1. The van der Waals surface area contributed by atoms with E-state index in [-0.39, 0.29) is 0 Å². The van der Waals surface area contributed by atoms with E-state index in [9.17, 15) is 4.79 Å². The van der Waals surface area contributed by atoms with Gasteiger partial charge in [-0.1, -0.05) is 6.08 Å². The molecule has 1 rings (SSSR count). The molecule has 1 unspecified atom stereocenters. The van der Waals surface area contributed by atoms with Crippen LogP contribution in [0.15, 0.2) is 12.2 Å². The van der Waals surface area contributed by atoms with Crippen LogP contribution in [-0.2, 0) is 4.79 Å². The molecule has 0 N–H and O–H groups in total. The fraction of sp³-hybridized carbons (Fsp3) is 0.667. The van der Waals surface area contributed by atoms with Crippen molar-refractivity contribution in [2.75, 3.05) is 11.5 Å². The average Bonchev–Trinajstić information content (AvgIpc) is 2.07. The summed E-state index contributed by atoms with van der Waals surface area (Å²) in [5.41, 5.74) is 0. The van der Waals surface area contributed by atoms with Gasteiger partial charge < -0.3 is 0 Å². The van der Waals surface area contributed by atoms with E-state index in [0.29, 0.717) is 0 Å².